The van der Waals surface area contributed by atoms with Crippen LogP contribution in [0.2, 0.25) is 0 Å². The fourth-order valence-electron chi connectivity index (χ4n) is 1.98. The van der Waals surface area contributed by atoms with Crippen molar-refractivity contribution in [1.82, 2.24) is 4.72 Å². The largest absolute Gasteiger partial charge is 0.240 e. The van der Waals surface area contributed by atoms with Crippen LogP contribution in [0.4, 0.5) is 0 Å². The van der Waals surface area contributed by atoms with Gasteiger partial charge in [0.25, 0.3) is 0 Å². The zero-order valence-electron chi connectivity index (χ0n) is 11.5. The molecular weight excluding hydrogens is 326 g/mol. The van der Waals surface area contributed by atoms with E-state index in [1.54, 1.807) is 18.2 Å². The van der Waals surface area contributed by atoms with Gasteiger partial charge in [-0.3, -0.25) is 0 Å². The summed E-state index contributed by atoms with van der Waals surface area (Å²) in [5, 5.41) is 0. The molecule has 0 aliphatic rings. The lowest BCUT2D eigenvalue weighted by molar-refractivity contribution is 0.483. The van der Waals surface area contributed by atoms with Crippen molar-refractivity contribution in [2.75, 3.05) is 0 Å². The van der Waals surface area contributed by atoms with Crippen LogP contribution < -0.4 is 4.72 Å². The Morgan fingerprint density at radius 3 is 2.53 bits per heavy atom. The molecule has 1 aromatic carbocycles. The van der Waals surface area contributed by atoms with Gasteiger partial charge in [0.15, 0.2) is 0 Å². The van der Waals surface area contributed by atoms with Crippen LogP contribution in [0.3, 0.4) is 0 Å². The van der Waals surface area contributed by atoms with Crippen LogP contribution in [0.1, 0.15) is 46.0 Å². The standard InChI is InChI=1S/C14H22BrNO2S/c1-3-5-9-13(7-4-2)16-19(17,18)14-10-6-8-12(15)11-14/h6,8,10-11,13,16H,3-5,7,9H2,1-2H3. The van der Waals surface area contributed by atoms with E-state index in [2.05, 4.69) is 34.5 Å². The Labute approximate surface area is 125 Å². The lowest BCUT2D eigenvalue weighted by atomic mass is 10.1. The summed E-state index contributed by atoms with van der Waals surface area (Å²) < 4.78 is 28.2. The summed E-state index contributed by atoms with van der Waals surface area (Å²) in [6.45, 7) is 4.19. The molecule has 0 aromatic heterocycles. The molecule has 1 atom stereocenters. The molecule has 0 aliphatic carbocycles. The lowest BCUT2D eigenvalue weighted by Crippen LogP contribution is -2.34. The predicted octanol–water partition coefficient (Wildman–Crippen LogP) is 4.09. The van der Waals surface area contributed by atoms with Crippen LogP contribution in [0.25, 0.3) is 0 Å². The maximum atomic E-state index is 12.3. The van der Waals surface area contributed by atoms with Crippen molar-refractivity contribution in [2.45, 2.75) is 56.9 Å². The van der Waals surface area contributed by atoms with Gasteiger partial charge < -0.3 is 0 Å². The van der Waals surface area contributed by atoms with Gasteiger partial charge >= 0.3 is 0 Å². The molecule has 0 saturated carbocycles. The van der Waals surface area contributed by atoms with Gasteiger partial charge in [-0.2, -0.15) is 0 Å². The van der Waals surface area contributed by atoms with Gasteiger partial charge in [-0.25, -0.2) is 13.1 Å². The molecule has 0 fully saturated rings. The van der Waals surface area contributed by atoms with Crippen LogP contribution in [-0.2, 0) is 10.0 Å². The van der Waals surface area contributed by atoms with E-state index in [0.29, 0.717) is 4.90 Å². The third-order valence-corrected chi connectivity index (χ3v) is 4.98. The Morgan fingerprint density at radius 1 is 1.21 bits per heavy atom. The number of halogens is 1. The van der Waals surface area contributed by atoms with Crippen molar-refractivity contribution in [1.29, 1.82) is 0 Å². The maximum absolute atomic E-state index is 12.3. The summed E-state index contributed by atoms with van der Waals surface area (Å²) in [6, 6.07) is 6.84. The highest BCUT2D eigenvalue weighted by Crippen LogP contribution is 2.17. The number of unbranched alkanes of at least 4 members (excludes halogenated alkanes) is 1. The summed E-state index contributed by atoms with van der Waals surface area (Å²) in [7, 11) is -3.41. The van der Waals surface area contributed by atoms with E-state index in [0.717, 1.165) is 36.6 Å². The highest BCUT2D eigenvalue weighted by molar-refractivity contribution is 9.10. The molecule has 0 saturated heterocycles. The summed E-state index contributed by atoms with van der Waals surface area (Å²) in [4.78, 5) is 0.319. The minimum absolute atomic E-state index is 0.0360. The molecular formula is C14H22BrNO2S. The zero-order valence-corrected chi connectivity index (χ0v) is 13.9. The Balaban J connectivity index is 2.81. The normalized spacial score (nSPS) is 13.4. The molecule has 0 heterocycles. The molecule has 1 aromatic rings. The monoisotopic (exact) mass is 347 g/mol. The van der Waals surface area contributed by atoms with Crippen LogP contribution >= 0.6 is 15.9 Å². The van der Waals surface area contributed by atoms with Crippen molar-refractivity contribution in [3.8, 4) is 0 Å². The van der Waals surface area contributed by atoms with Gasteiger partial charge in [0, 0.05) is 10.5 Å². The van der Waals surface area contributed by atoms with Gasteiger partial charge in [0.2, 0.25) is 10.0 Å². The summed E-state index contributed by atoms with van der Waals surface area (Å²) in [5.74, 6) is 0. The molecule has 0 aliphatic heterocycles. The molecule has 5 heteroatoms. The van der Waals surface area contributed by atoms with Crippen molar-refractivity contribution >= 4 is 26.0 Å². The van der Waals surface area contributed by atoms with Crippen LogP contribution in [-0.4, -0.2) is 14.5 Å². The average molecular weight is 348 g/mol. The van der Waals surface area contributed by atoms with Gasteiger partial charge in [-0.05, 0) is 31.0 Å². The predicted molar refractivity (Wildman–Crippen MR) is 82.7 cm³/mol. The van der Waals surface area contributed by atoms with E-state index in [-0.39, 0.29) is 6.04 Å². The number of hydrogen-bond donors (Lipinski definition) is 1. The second-order valence-electron chi connectivity index (χ2n) is 4.71. The minimum atomic E-state index is -3.41. The molecule has 19 heavy (non-hydrogen) atoms. The number of nitrogens with one attached hydrogen (secondary N) is 1. The smallest absolute Gasteiger partial charge is 0.208 e. The molecule has 0 amide bonds. The zero-order chi connectivity index (χ0) is 14.3. The number of hydrogen-bond acceptors (Lipinski definition) is 2. The summed E-state index contributed by atoms with van der Waals surface area (Å²) in [5.41, 5.74) is 0. The molecule has 3 nitrogen and oxygen atoms in total. The van der Waals surface area contributed by atoms with Crippen molar-refractivity contribution < 1.29 is 8.42 Å². The van der Waals surface area contributed by atoms with Gasteiger partial charge in [-0.1, -0.05) is 55.1 Å². The fourth-order valence-corrected chi connectivity index (χ4v) is 3.88. The van der Waals surface area contributed by atoms with E-state index in [1.165, 1.54) is 0 Å². The molecule has 0 spiro atoms. The van der Waals surface area contributed by atoms with E-state index in [4.69, 9.17) is 0 Å². The van der Waals surface area contributed by atoms with Gasteiger partial charge in [-0.15, -0.1) is 0 Å². The molecule has 1 N–H and O–H groups in total. The first-order chi connectivity index (χ1) is 8.99. The second-order valence-corrected chi connectivity index (χ2v) is 7.34. The number of sulfonamides is 1. The topological polar surface area (TPSA) is 46.2 Å². The highest BCUT2D eigenvalue weighted by Gasteiger charge is 2.19. The molecule has 1 unspecified atom stereocenters. The lowest BCUT2D eigenvalue weighted by Gasteiger charge is -2.18. The first-order valence-corrected chi connectivity index (χ1v) is 9.05. The maximum Gasteiger partial charge on any atom is 0.240 e. The van der Waals surface area contributed by atoms with Crippen LogP contribution in [0, 0.1) is 0 Å². The Morgan fingerprint density at radius 2 is 1.95 bits per heavy atom. The first-order valence-electron chi connectivity index (χ1n) is 6.77. The average Bonchev–Trinajstić information content (AvgIpc) is 2.36. The van der Waals surface area contributed by atoms with Crippen LogP contribution in [0.15, 0.2) is 33.6 Å². The van der Waals surface area contributed by atoms with Gasteiger partial charge in [0.05, 0.1) is 4.90 Å². The quantitative estimate of drug-likeness (QED) is 0.769. The third-order valence-electron chi connectivity index (χ3n) is 2.97. The third kappa shape index (κ3) is 5.63. The van der Waals surface area contributed by atoms with Gasteiger partial charge in [0.1, 0.15) is 0 Å². The Hall–Kier alpha value is -0.390. The summed E-state index contributed by atoms with van der Waals surface area (Å²) >= 11 is 3.30. The fraction of sp³-hybridized carbons (Fsp3) is 0.571. The Kier molecular flexibility index (Phi) is 7.04. The van der Waals surface area contributed by atoms with E-state index >= 15 is 0 Å². The number of benzene rings is 1. The molecule has 108 valence electrons. The van der Waals surface area contributed by atoms with Crippen molar-refractivity contribution in [3.05, 3.63) is 28.7 Å². The molecule has 0 radical (unpaired) electrons. The minimum Gasteiger partial charge on any atom is -0.208 e. The van der Waals surface area contributed by atoms with Crippen molar-refractivity contribution in [2.24, 2.45) is 0 Å². The Bertz CT molecular complexity index is 488. The number of rotatable bonds is 8. The SMILES string of the molecule is CCCCC(CCC)NS(=O)(=O)c1cccc(Br)c1. The van der Waals surface area contributed by atoms with E-state index < -0.39 is 10.0 Å². The van der Waals surface area contributed by atoms with Crippen molar-refractivity contribution in [3.63, 3.8) is 0 Å². The molecule has 0 bridgehead atoms. The first kappa shape index (κ1) is 16.7. The highest BCUT2D eigenvalue weighted by atomic mass is 79.9. The molecule has 1 rings (SSSR count). The summed E-state index contributed by atoms with van der Waals surface area (Å²) in [6.07, 6.45) is 4.89. The van der Waals surface area contributed by atoms with E-state index in [9.17, 15) is 8.42 Å². The second kappa shape index (κ2) is 8.02. The van der Waals surface area contributed by atoms with E-state index in [1.807, 2.05) is 6.07 Å². The van der Waals surface area contributed by atoms with Crippen LogP contribution in [0.5, 0.6) is 0 Å².